The van der Waals surface area contributed by atoms with Crippen LogP contribution in [0, 0.1) is 17.8 Å². The first-order chi connectivity index (χ1) is 11.1. The molecule has 2 unspecified atom stereocenters. The van der Waals surface area contributed by atoms with Gasteiger partial charge in [0.2, 0.25) is 5.91 Å². The van der Waals surface area contributed by atoms with Crippen LogP contribution in [0.3, 0.4) is 0 Å². The molecule has 0 spiro atoms. The zero-order valence-corrected chi connectivity index (χ0v) is 14.9. The van der Waals surface area contributed by atoms with E-state index in [4.69, 9.17) is 10.5 Å². The van der Waals surface area contributed by atoms with Crippen molar-refractivity contribution in [1.29, 1.82) is 0 Å². The van der Waals surface area contributed by atoms with E-state index in [0.717, 1.165) is 23.1 Å². The molecule has 0 heterocycles. The molecule has 2 saturated carbocycles. The summed E-state index contributed by atoms with van der Waals surface area (Å²) in [5.74, 6) is 2.21. The third-order valence-electron chi connectivity index (χ3n) is 5.27. The average molecular weight is 381 g/mol. The molecule has 3 N–H and O–H groups in total. The number of hydrogen-bond donors (Lipinski definition) is 2. The van der Waals surface area contributed by atoms with E-state index in [1.807, 2.05) is 24.3 Å². The number of amides is 1. The second kappa shape index (κ2) is 7.67. The standard InChI is InChI=1S/C18H25BrN2O2/c19-15-4-6-16(7-5-15)23-9-8-21-18(22)14-10-12-2-1-3-13(11-14)17(12)20/h4-7,12-14,17H,1-3,8-11,20H2,(H,21,22). The van der Waals surface area contributed by atoms with Gasteiger partial charge < -0.3 is 15.8 Å². The minimum absolute atomic E-state index is 0.137. The topological polar surface area (TPSA) is 64.4 Å². The predicted molar refractivity (Wildman–Crippen MR) is 94.2 cm³/mol. The molecular formula is C18H25BrN2O2. The highest BCUT2D eigenvalue weighted by molar-refractivity contribution is 9.10. The van der Waals surface area contributed by atoms with Crippen LogP contribution in [0.15, 0.2) is 28.7 Å². The normalized spacial score (nSPS) is 29.8. The molecule has 1 aromatic rings. The third kappa shape index (κ3) is 4.27. The number of ether oxygens (including phenoxy) is 1. The van der Waals surface area contributed by atoms with Gasteiger partial charge in [-0.1, -0.05) is 22.4 Å². The summed E-state index contributed by atoms with van der Waals surface area (Å²) in [6.07, 6.45) is 5.56. The molecule has 2 fully saturated rings. The minimum Gasteiger partial charge on any atom is -0.492 e. The van der Waals surface area contributed by atoms with Crippen molar-refractivity contribution in [2.75, 3.05) is 13.2 Å². The molecule has 1 amide bonds. The number of benzene rings is 1. The fourth-order valence-electron chi connectivity index (χ4n) is 4.02. The second-order valence-corrected chi connectivity index (χ2v) is 7.71. The zero-order chi connectivity index (χ0) is 16.2. The van der Waals surface area contributed by atoms with Crippen LogP contribution >= 0.6 is 15.9 Å². The quantitative estimate of drug-likeness (QED) is 0.771. The SMILES string of the molecule is NC1C2CCCC1CC(C(=O)NCCOc1ccc(Br)cc1)C2. The first kappa shape index (κ1) is 16.8. The summed E-state index contributed by atoms with van der Waals surface area (Å²) in [5.41, 5.74) is 6.29. The van der Waals surface area contributed by atoms with Crippen LogP contribution in [0.25, 0.3) is 0 Å². The molecule has 2 aliphatic rings. The molecule has 0 aliphatic heterocycles. The van der Waals surface area contributed by atoms with E-state index in [-0.39, 0.29) is 11.8 Å². The van der Waals surface area contributed by atoms with Gasteiger partial charge in [0.25, 0.3) is 0 Å². The molecule has 1 aromatic carbocycles. The van der Waals surface area contributed by atoms with Crippen LogP contribution in [-0.2, 0) is 4.79 Å². The summed E-state index contributed by atoms with van der Waals surface area (Å²) in [7, 11) is 0. The summed E-state index contributed by atoms with van der Waals surface area (Å²) < 4.78 is 6.66. The number of rotatable bonds is 5. The molecule has 5 heteroatoms. The monoisotopic (exact) mass is 380 g/mol. The number of nitrogens with one attached hydrogen (secondary N) is 1. The Morgan fingerprint density at radius 1 is 1.22 bits per heavy atom. The van der Waals surface area contributed by atoms with Gasteiger partial charge in [0, 0.05) is 16.4 Å². The lowest BCUT2D eigenvalue weighted by Gasteiger charge is -2.43. The molecule has 126 valence electrons. The Morgan fingerprint density at radius 3 is 2.52 bits per heavy atom. The van der Waals surface area contributed by atoms with Crippen LogP contribution in [0.5, 0.6) is 5.75 Å². The lowest BCUT2D eigenvalue weighted by atomic mass is 9.65. The van der Waals surface area contributed by atoms with Gasteiger partial charge in [-0.25, -0.2) is 0 Å². The first-order valence-electron chi connectivity index (χ1n) is 8.55. The van der Waals surface area contributed by atoms with E-state index in [9.17, 15) is 4.79 Å². The lowest BCUT2D eigenvalue weighted by Crippen LogP contribution is -2.49. The molecule has 2 atom stereocenters. The summed E-state index contributed by atoms with van der Waals surface area (Å²) >= 11 is 3.39. The molecule has 23 heavy (non-hydrogen) atoms. The fourth-order valence-corrected chi connectivity index (χ4v) is 4.29. The molecule has 4 nitrogen and oxygen atoms in total. The Kier molecular flexibility index (Phi) is 5.59. The van der Waals surface area contributed by atoms with Crippen LogP contribution in [0.1, 0.15) is 32.1 Å². The van der Waals surface area contributed by atoms with Crippen molar-refractivity contribution in [3.05, 3.63) is 28.7 Å². The van der Waals surface area contributed by atoms with E-state index in [1.165, 1.54) is 19.3 Å². The van der Waals surface area contributed by atoms with Gasteiger partial charge in [-0.15, -0.1) is 0 Å². The molecule has 2 aliphatic carbocycles. The molecule has 0 radical (unpaired) electrons. The largest absolute Gasteiger partial charge is 0.492 e. The highest BCUT2D eigenvalue weighted by atomic mass is 79.9. The Hall–Kier alpha value is -1.07. The van der Waals surface area contributed by atoms with Gasteiger partial charge in [0.1, 0.15) is 12.4 Å². The summed E-state index contributed by atoms with van der Waals surface area (Å²) in [6, 6.07) is 8.02. The van der Waals surface area contributed by atoms with E-state index in [1.54, 1.807) is 0 Å². The molecule has 0 aromatic heterocycles. The van der Waals surface area contributed by atoms with Gasteiger partial charge >= 0.3 is 0 Å². The number of hydrogen-bond acceptors (Lipinski definition) is 3. The number of fused-ring (bicyclic) bond motifs is 2. The van der Waals surface area contributed by atoms with Crippen LogP contribution in [-0.4, -0.2) is 25.1 Å². The third-order valence-corrected chi connectivity index (χ3v) is 5.80. The first-order valence-corrected chi connectivity index (χ1v) is 9.34. The predicted octanol–water partition coefficient (Wildman–Crippen LogP) is 3.10. The minimum atomic E-state index is 0.137. The van der Waals surface area contributed by atoms with Crippen LogP contribution in [0.4, 0.5) is 0 Å². The maximum atomic E-state index is 12.4. The molecular weight excluding hydrogens is 356 g/mol. The second-order valence-electron chi connectivity index (χ2n) is 6.79. The average Bonchev–Trinajstić information content (AvgIpc) is 2.53. The fraction of sp³-hybridized carbons (Fsp3) is 0.611. The highest BCUT2D eigenvalue weighted by Crippen LogP contribution is 2.41. The summed E-state index contributed by atoms with van der Waals surface area (Å²) in [4.78, 5) is 12.4. The van der Waals surface area contributed by atoms with E-state index >= 15 is 0 Å². The van der Waals surface area contributed by atoms with Crippen LogP contribution < -0.4 is 15.8 Å². The van der Waals surface area contributed by atoms with Crippen molar-refractivity contribution in [1.82, 2.24) is 5.32 Å². The lowest BCUT2D eigenvalue weighted by molar-refractivity contribution is -0.128. The Labute approximate surface area is 146 Å². The van der Waals surface area contributed by atoms with Gasteiger partial charge in [-0.3, -0.25) is 4.79 Å². The van der Waals surface area contributed by atoms with Crippen molar-refractivity contribution in [2.24, 2.45) is 23.5 Å². The number of carbonyl (C=O) groups is 1. The maximum absolute atomic E-state index is 12.4. The Balaban J connectivity index is 1.40. The summed E-state index contributed by atoms with van der Waals surface area (Å²) in [6.45, 7) is 1.04. The summed E-state index contributed by atoms with van der Waals surface area (Å²) in [5, 5.41) is 3.02. The van der Waals surface area contributed by atoms with Crippen molar-refractivity contribution < 1.29 is 9.53 Å². The number of carbonyl (C=O) groups excluding carboxylic acids is 1. The van der Waals surface area contributed by atoms with Gasteiger partial charge in [0.15, 0.2) is 0 Å². The van der Waals surface area contributed by atoms with Gasteiger partial charge in [-0.05, 0) is 61.8 Å². The Morgan fingerprint density at radius 2 is 1.87 bits per heavy atom. The van der Waals surface area contributed by atoms with Crippen molar-refractivity contribution in [2.45, 2.75) is 38.1 Å². The van der Waals surface area contributed by atoms with Gasteiger partial charge in [-0.2, -0.15) is 0 Å². The smallest absolute Gasteiger partial charge is 0.223 e. The molecule has 0 saturated heterocycles. The zero-order valence-electron chi connectivity index (χ0n) is 13.3. The molecule has 3 rings (SSSR count). The van der Waals surface area contributed by atoms with Crippen molar-refractivity contribution in [3.63, 3.8) is 0 Å². The number of halogens is 1. The molecule has 2 bridgehead atoms. The van der Waals surface area contributed by atoms with E-state index in [2.05, 4.69) is 21.2 Å². The highest BCUT2D eigenvalue weighted by Gasteiger charge is 2.40. The maximum Gasteiger partial charge on any atom is 0.223 e. The van der Waals surface area contributed by atoms with Crippen LogP contribution in [0.2, 0.25) is 0 Å². The van der Waals surface area contributed by atoms with Crippen molar-refractivity contribution in [3.8, 4) is 5.75 Å². The van der Waals surface area contributed by atoms with Gasteiger partial charge in [0.05, 0.1) is 6.54 Å². The van der Waals surface area contributed by atoms with E-state index in [0.29, 0.717) is 31.0 Å². The number of nitrogens with two attached hydrogens (primary N) is 1. The van der Waals surface area contributed by atoms with Crippen molar-refractivity contribution >= 4 is 21.8 Å². The Bertz CT molecular complexity index is 520. The van der Waals surface area contributed by atoms with E-state index < -0.39 is 0 Å².